The Kier molecular flexibility index (Phi) is 6.42. The number of hydrogen-bond donors (Lipinski definition) is 1. The van der Waals surface area contributed by atoms with Gasteiger partial charge in [0.1, 0.15) is 18.0 Å². The number of carbonyl (C=O) groups is 1. The molecule has 0 heterocycles. The number of nitrogens with one attached hydrogen (secondary N) is 1. The van der Waals surface area contributed by atoms with Crippen LogP contribution in [0.2, 0.25) is 0 Å². The van der Waals surface area contributed by atoms with Crippen LogP contribution in [-0.4, -0.2) is 37.9 Å². The fraction of sp³-hybridized carbons (Fsp3) is 0.611. The van der Waals surface area contributed by atoms with Gasteiger partial charge in [-0.05, 0) is 63.8 Å². The topological polar surface area (TPSA) is 56.8 Å². The third kappa shape index (κ3) is 4.94. The zero-order valence-electron chi connectivity index (χ0n) is 14.3. The SMILES string of the molecule is CCOCCOc1ccc(NC(=O)C(C)(OCC)C2CC2)cc1. The standard InChI is InChI=1S/C18H27NO4/c1-4-21-12-13-22-16-10-8-15(9-11-16)19-17(20)18(3,23-5-2)14-6-7-14/h8-11,14H,4-7,12-13H2,1-3H3,(H,19,20). The molecule has 5 nitrogen and oxygen atoms in total. The largest absolute Gasteiger partial charge is 0.491 e. The summed E-state index contributed by atoms with van der Waals surface area (Å²) in [5, 5.41) is 2.95. The van der Waals surface area contributed by atoms with Crippen molar-refractivity contribution in [2.75, 3.05) is 31.7 Å². The second-order valence-corrected chi connectivity index (χ2v) is 5.84. The van der Waals surface area contributed by atoms with Crippen LogP contribution < -0.4 is 10.1 Å². The van der Waals surface area contributed by atoms with Gasteiger partial charge in [-0.1, -0.05) is 0 Å². The van der Waals surface area contributed by atoms with Crippen LogP contribution in [0.3, 0.4) is 0 Å². The van der Waals surface area contributed by atoms with Crippen molar-refractivity contribution in [3.63, 3.8) is 0 Å². The van der Waals surface area contributed by atoms with Crippen molar-refractivity contribution in [3.8, 4) is 5.75 Å². The summed E-state index contributed by atoms with van der Waals surface area (Å²) in [7, 11) is 0. The lowest BCUT2D eigenvalue weighted by atomic mass is 9.99. The fourth-order valence-corrected chi connectivity index (χ4v) is 2.56. The first kappa shape index (κ1) is 17.8. The number of amides is 1. The second kappa shape index (κ2) is 8.31. The summed E-state index contributed by atoms with van der Waals surface area (Å²) in [5.41, 5.74) is 0.0141. The first-order valence-electron chi connectivity index (χ1n) is 8.36. The molecule has 0 aliphatic heterocycles. The van der Waals surface area contributed by atoms with Crippen LogP contribution in [0.25, 0.3) is 0 Å². The third-order valence-corrected chi connectivity index (χ3v) is 4.06. The monoisotopic (exact) mass is 321 g/mol. The quantitative estimate of drug-likeness (QED) is 0.672. The molecule has 1 amide bonds. The molecular weight excluding hydrogens is 294 g/mol. The van der Waals surface area contributed by atoms with Crippen molar-refractivity contribution in [2.24, 2.45) is 5.92 Å². The first-order valence-corrected chi connectivity index (χ1v) is 8.36. The lowest BCUT2D eigenvalue weighted by molar-refractivity contribution is -0.141. The molecule has 128 valence electrons. The maximum absolute atomic E-state index is 12.6. The fourth-order valence-electron chi connectivity index (χ4n) is 2.56. The van der Waals surface area contributed by atoms with E-state index < -0.39 is 5.60 Å². The van der Waals surface area contributed by atoms with E-state index in [0.717, 1.165) is 24.3 Å². The van der Waals surface area contributed by atoms with Gasteiger partial charge in [-0.25, -0.2) is 0 Å². The highest BCUT2D eigenvalue weighted by atomic mass is 16.5. The minimum atomic E-state index is -0.735. The van der Waals surface area contributed by atoms with Gasteiger partial charge in [0.25, 0.3) is 5.91 Å². The summed E-state index contributed by atoms with van der Waals surface area (Å²) in [4.78, 5) is 12.6. The van der Waals surface area contributed by atoms with Crippen LogP contribution in [0.15, 0.2) is 24.3 Å². The van der Waals surface area contributed by atoms with Crippen LogP contribution >= 0.6 is 0 Å². The molecule has 2 rings (SSSR count). The maximum Gasteiger partial charge on any atom is 0.256 e. The van der Waals surface area contributed by atoms with Gasteiger partial charge in [0.15, 0.2) is 0 Å². The molecule has 0 saturated heterocycles. The van der Waals surface area contributed by atoms with Crippen molar-refractivity contribution in [2.45, 2.75) is 39.2 Å². The predicted octanol–water partition coefficient (Wildman–Crippen LogP) is 3.25. The summed E-state index contributed by atoms with van der Waals surface area (Å²) in [5.74, 6) is 1.01. The lowest BCUT2D eigenvalue weighted by Gasteiger charge is -2.28. The van der Waals surface area contributed by atoms with Crippen molar-refractivity contribution < 1.29 is 19.0 Å². The predicted molar refractivity (Wildman–Crippen MR) is 89.8 cm³/mol. The zero-order valence-corrected chi connectivity index (χ0v) is 14.3. The van der Waals surface area contributed by atoms with Gasteiger partial charge in [0.05, 0.1) is 6.61 Å². The van der Waals surface area contributed by atoms with Crippen molar-refractivity contribution in [3.05, 3.63) is 24.3 Å². The van der Waals surface area contributed by atoms with E-state index in [4.69, 9.17) is 14.2 Å². The van der Waals surface area contributed by atoms with Crippen LogP contribution in [-0.2, 0) is 14.3 Å². The van der Waals surface area contributed by atoms with E-state index in [-0.39, 0.29) is 5.91 Å². The second-order valence-electron chi connectivity index (χ2n) is 5.84. The average molecular weight is 321 g/mol. The highest BCUT2D eigenvalue weighted by Crippen LogP contribution is 2.42. The Bertz CT molecular complexity index is 498. The molecule has 0 bridgehead atoms. The highest BCUT2D eigenvalue weighted by molar-refractivity contribution is 5.97. The Morgan fingerprint density at radius 2 is 1.87 bits per heavy atom. The van der Waals surface area contributed by atoms with Crippen LogP contribution in [0.4, 0.5) is 5.69 Å². The van der Waals surface area contributed by atoms with Crippen LogP contribution in [0.1, 0.15) is 33.6 Å². The molecule has 0 spiro atoms. The molecule has 1 saturated carbocycles. The van der Waals surface area contributed by atoms with Crippen molar-refractivity contribution in [1.82, 2.24) is 0 Å². The van der Waals surface area contributed by atoms with Gasteiger partial charge >= 0.3 is 0 Å². The molecule has 1 atom stereocenters. The van der Waals surface area contributed by atoms with E-state index in [2.05, 4.69) is 5.32 Å². The Balaban J connectivity index is 1.88. The number of anilines is 1. The normalized spacial score (nSPS) is 16.7. The van der Waals surface area contributed by atoms with E-state index in [0.29, 0.717) is 32.3 Å². The number of benzene rings is 1. The Morgan fingerprint density at radius 1 is 1.17 bits per heavy atom. The Hall–Kier alpha value is -1.59. The van der Waals surface area contributed by atoms with Gasteiger partial charge in [-0.15, -0.1) is 0 Å². The number of ether oxygens (including phenoxy) is 3. The Labute approximate surface area is 138 Å². The summed E-state index contributed by atoms with van der Waals surface area (Å²) in [6, 6.07) is 7.37. The summed E-state index contributed by atoms with van der Waals surface area (Å²) < 4.78 is 16.5. The molecule has 1 unspecified atom stereocenters. The lowest BCUT2D eigenvalue weighted by Crippen LogP contribution is -2.44. The van der Waals surface area contributed by atoms with E-state index in [9.17, 15) is 4.79 Å². The molecule has 23 heavy (non-hydrogen) atoms. The summed E-state index contributed by atoms with van der Waals surface area (Å²) >= 11 is 0. The Morgan fingerprint density at radius 3 is 2.43 bits per heavy atom. The minimum absolute atomic E-state index is 0.0770. The number of carbonyl (C=O) groups excluding carboxylic acids is 1. The molecule has 1 aromatic rings. The molecular formula is C18H27NO4. The average Bonchev–Trinajstić information content (AvgIpc) is 3.38. The maximum atomic E-state index is 12.6. The molecule has 1 aliphatic rings. The number of hydrogen-bond acceptors (Lipinski definition) is 4. The van der Waals surface area contributed by atoms with Crippen LogP contribution in [0.5, 0.6) is 5.75 Å². The molecule has 5 heteroatoms. The van der Waals surface area contributed by atoms with Gasteiger partial charge < -0.3 is 19.5 Å². The smallest absolute Gasteiger partial charge is 0.256 e. The van der Waals surface area contributed by atoms with Gasteiger partial charge in [0.2, 0.25) is 0 Å². The number of rotatable bonds is 10. The zero-order chi connectivity index (χ0) is 16.7. The molecule has 1 fully saturated rings. The van der Waals surface area contributed by atoms with Crippen molar-refractivity contribution >= 4 is 11.6 Å². The van der Waals surface area contributed by atoms with Crippen molar-refractivity contribution in [1.29, 1.82) is 0 Å². The first-order chi connectivity index (χ1) is 11.1. The van der Waals surface area contributed by atoms with Gasteiger partial charge in [-0.3, -0.25) is 4.79 Å². The van der Waals surface area contributed by atoms with Crippen LogP contribution in [0, 0.1) is 5.92 Å². The highest BCUT2D eigenvalue weighted by Gasteiger charge is 2.48. The molecule has 1 aliphatic carbocycles. The van der Waals surface area contributed by atoms with E-state index in [1.165, 1.54) is 0 Å². The van der Waals surface area contributed by atoms with E-state index >= 15 is 0 Å². The van der Waals surface area contributed by atoms with E-state index in [1.54, 1.807) is 0 Å². The molecule has 0 aromatic heterocycles. The summed E-state index contributed by atoms with van der Waals surface area (Å²) in [6.07, 6.45) is 2.10. The molecule has 1 N–H and O–H groups in total. The third-order valence-electron chi connectivity index (χ3n) is 4.06. The minimum Gasteiger partial charge on any atom is -0.491 e. The summed E-state index contributed by atoms with van der Waals surface area (Å²) in [6.45, 7) is 8.07. The molecule has 0 radical (unpaired) electrons. The van der Waals surface area contributed by atoms with E-state index in [1.807, 2.05) is 45.0 Å². The molecule has 1 aromatic carbocycles. The van der Waals surface area contributed by atoms with Gasteiger partial charge in [-0.2, -0.15) is 0 Å². The van der Waals surface area contributed by atoms with Gasteiger partial charge in [0, 0.05) is 18.9 Å².